The van der Waals surface area contributed by atoms with Crippen molar-refractivity contribution >= 4 is 17.7 Å². The first-order valence-corrected chi connectivity index (χ1v) is 8.12. The second kappa shape index (κ2) is 5.95. The molecular formula is C15H19NO3S. The van der Waals surface area contributed by atoms with Gasteiger partial charge in [-0.1, -0.05) is 19.4 Å². The van der Waals surface area contributed by atoms with Crippen LogP contribution in [0.3, 0.4) is 0 Å². The Morgan fingerprint density at radius 2 is 2.20 bits per heavy atom. The van der Waals surface area contributed by atoms with E-state index < -0.39 is 0 Å². The van der Waals surface area contributed by atoms with Crippen LogP contribution < -0.4 is 9.47 Å². The summed E-state index contributed by atoms with van der Waals surface area (Å²) in [6, 6.07) is 6.02. The second-order valence-corrected chi connectivity index (χ2v) is 6.25. The largest absolute Gasteiger partial charge is 0.454 e. The van der Waals surface area contributed by atoms with Crippen LogP contribution in [0.1, 0.15) is 25.3 Å². The van der Waals surface area contributed by atoms with Crippen molar-refractivity contribution in [2.24, 2.45) is 0 Å². The van der Waals surface area contributed by atoms with Crippen molar-refractivity contribution < 1.29 is 14.3 Å². The number of hydrogen-bond donors (Lipinski definition) is 0. The fourth-order valence-electron chi connectivity index (χ4n) is 2.60. The zero-order chi connectivity index (χ0) is 13.9. The first-order valence-electron chi connectivity index (χ1n) is 7.07. The molecule has 4 nitrogen and oxygen atoms in total. The molecule has 1 saturated heterocycles. The lowest BCUT2D eigenvalue weighted by atomic mass is 10.1. The number of rotatable bonds is 5. The minimum atomic E-state index is 0.272. The molecule has 0 N–H and O–H groups in total. The topological polar surface area (TPSA) is 38.8 Å². The van der Waals surface area contributed by atoms with Crippen molar-refractivity contribution in [2.75, 3.05) is 19.1 Å². The maximum absolute atomic E-state index is 11.9. The molecule has 0 bridgehead atoms. The summed E-state index contributed by atoms with van der Waals surface area (Å²) in [5.41, 5.74) is 1.19. The Labute approximate surface area is 123 Å². The van der Waals surface area contributed by atoms with E-state index in [0.717, 1.165) is 37.3 Å². The Balaban J connectivity index is 1.62. The highest BCUT2D eigenvalue weighted by Gasteiger charge is 2.30. The summed E-state index contributed by atoms with van der Waals surface area (Å²) in [5.74, 6) is 2.53. The van der Waals surface area contributed by atoms with Gasteiger partial charge in [-0.3, -0.25) is 4.79 Å². The summed E-state index contributed by atoms with van der Waals surface area (Å²) in [7, 11) is 0. The van der Waals surface area contributed by atoms with E-state index in [-0.39, 0.29) is 5.91 Å². The molecule has 1 amide bonds. The van der Waals surface area contributed by atoms with Crippen molar-refractivity contribution in [3.63, 3.8) is 0 Å². The molecular weight excluding hydrogens is 274 g/mol. The molecule has 2 aliphatic rings. The minimum absolute atomic E-state index is 0.272. The fraction of sp³-hybridized carbons (Fsp3) is 0.533. The zero-order valence-corrected chi connectivity index (χ0v) is 12.4. The van der Waals surface area contributed by atoms with E-state index in [2.05, 4.69) is 13.0 Å². The number of hydrogen-bond acceptors (Lipinski definition) is 4. The van der Waals surface area contributed by atoms with Crippen LogP contribution in [0, 0.1) is 0 Å². The van der Waals surface area contributed by atoms with Crippen LogP contribution >= 0.6 is 11.8 Å². The van der Waals surface area contributed by atoms with Crippen molar-refractivity contribution in [3.8, 4) is 11.5 Å². The van der Waals surface area contributed by atoms with E-state index in [0.29, 0.717) is 17.9 Å². The first-order chi connectivity index (χ1) is 9.78. The highest BCUT2D eigenvalue weighted by atomic mass is 32.2. The van der Waals surface area contributed by atoms with Gasteiger partial charge in [0.25, 0.3) is 0 Å². The molecule has 3 rings (SSSR count). The average Bonchev–Trinajstić information content (AvgIpc) is 3.04. The van der Waals surface area contributed by atoms with Crippen LogP contribution in [0.4, 0.5) is 0 Å². The molecule has 0 saturated carbocycles. The maximum Gasteiger partial charge on any atom is 0.233 e. The molecule has 1 atom stereocenters. The van der Waals surface area contributed by atoms with E-state index in [1.54, 1.807) is 11.8 Å². The Bertz CT molecular complexity index is 506. The Morgan fingerprint density at radius 1 is 1.35 bits per heavy atom. The highest BCUT2D eigenvalue weighted by Crippen LogP contribution is 2.33. The average molecular weight is 293 g/mol. The zero-order valence-electron chi connectivity index (χ0n) is 11.6. The Morgan fingerprint density at radius 3 is 3.05 bits per heavy atom. The number of carbonyl (C=O) groups is 1. The van der Waals surface area contributed by atoms with E-state index >= 15 is 0 Å². The highest BCUT2D eigenvalue weighted by molar-refractivity contribution is 8.00. The summed E-state index contributed by atoms with van der Waals surface area (Å²) in [6.07, 6.45) is 3.06. The predicted octanol–water partition coefficient (Wildman–Crippen LogP) is 2.66. The van der Waals surface area contributed by atoms with Gasteiger partial charge in [0.1, 0.15) is 0 Å². The van der Waals surface area contributed by atoms with E-state index in [1.807, 2.05) is 17.0 Å². The SMILES string of the molecule is CCCC1SCC(=O)N1CCc1ccc2c(c1)OCO2. The molecule has 5 heteroatoms. The van der Waals surface area contributed by atoms with E-state index in [4.69, 9.17) is 9.47 Å². The van der Waals surface area contributed by atoms with Crippen LogP contribution in [0.15, 0.2) is 18.2 Å². The van der Waals surface area contributed by atoms with Gasteiger partial charge in [0.2, 0.25) is 12.7 Å². The third-order valence-corrected chi connectivity index (χ3v) is 4.97. The second-order valence-electron chi connectivity index (χ2n) is 5.08. The maximum atomic E-state index is 11.9. The summed E-state index contributed by atoms with van der Waals surface area (Å²) < 4.78 is 10.7. The third-order valence-electron chi connectivity index (χ3n) is 3.68. The van der Waals surface area contributed by atoms with Crippen molar-refractivity contribution in [2.45, 2.75) is 31.6 Å². The molecule has 20 heavy (non-hydrogen) atoms. The molecule has 0 radical (unpaired) electrons. The molecule has 1 aromatic carbocycles. The number of fused-ring (bicyclic) bond motifs is 1. The van der Waals surface area contributed by atoms with E-state index in [9.17, 15) is 4.79 Å². The predicted molar refractivity (Wildman–Crippen MR) is 79.1 cm³/mol. The quantitative estimate of drug-likeness (QED) is 0.836. The number of carbonyl (C=O) groups excluding carboxylic acids is 1. The number of thioether (sulfide) groups is 1. The lowest BCUT2D eigenvalue weighted by Crippen LogP contribution is -2.34. The molecule has 1 aromatic rings. The third kappa shape index (κ3) is 2.73. The van der Waals surface area contributed by atoms with Gasteiger partial charge < -0.3 is 14.4 Å². The van der Waals surface area contributed by atoms with Crippen LogP contribution in [0.25, 0.3) is 0 Å². The molecule has 2 heterocycles. The van der Waals surface area contributed by atoms with E-state index in [1.165, 1.54) is 5.56 Å². The first kappa shape index (κ1) is 13.6. The molecule has 108 valence electrons. The molecule has 1 unspecified atom stereocenters. The van der Waals surface area contributed by atoms with Crippen LogP contribution in [0.5, 0.6) is 11.5 Å². The minimum Gasteiger partial charge on any atom is -0.454 e. The molecule has 0 spiro atoms. The molecule has 0 aliphatic carbocycles. The Hall–Kier alpha value is -1.36. The monoisotopic (exact) mass is 293 g/mol. The van der Waals surface area contributed by atoms with Crippen LogP contribution in [0.2, 0.25) is 0 Å². The van der Waals surface area contributed by atoms with Gasteiger partial charge in [-0.05, 0) is 30.5 Å². The van der Waals surface area contributed by atoms with Gasteiger partial charge in [-0.2, -0.15) is 0 Å². The lowest BCUT2D eigenvalue weighted by molar-refractivity contribution is -0.128. The van der Waals surface area contributed by atoms with Gasteiger partial charge in [0, 0.05) is 6.54 Å². The van der Waals surface area contributed by atoms with Gasteiger partial charge >= 0.3 is 0 Å². The van der Waals surface area contributed by atoms with Crippen LogP contribution in [-0.4, -0.2) is 35.3 Å². The molecule has 1 fully saturated rings. The lowest BCUT2D eigenvalue weighted by Gasteiger charge is -2.23. The summed E-state index contributed by atoms with van der Waals surface area (Å²) >= 11 is 1.77. The van der Waals surface area contributed by atoms with Crippen molar-refractivity contribution in [3.05, 3.63) is 23.8 Å². The summed E-state index contributed by atoms with van der Waals surface area (Å²) in [5, 5.41) is 0.363. The fourth-order valence-corrected chi connectivity index (χ4v) is 3.91. The van der Waals surface area contributed by atoms with Gasteiger partial charge in [0.05, 0.1) is 11.1 Å². The summed E-state index contributed by atoms with van der Waals surface area (Å²) in [4.78, 5) is 14.0. The van der Waals surface area contributed by atoms with Gasteiger partial charge in [-0.25, -0.2) is 0 Å². The van der Waals surface area contributed by atoms with Crippen LogP contribution in [-0.2, 0) is 11.2 Å². The summed E-state index contributed by atoms with van der Waals surface area (Å²) in [6.45, 7) is 3.26. The normalized spacial score (nSPS) is 20.8. The number of amides is 1. The number of ether oxygens (including phenoxy) is 2. The van der Waals surface area contributed by atoms with Crippen molar-refractivity contribution in [1.82, 2.24) is 4.90 Å². The van der Waals surface area contributed by atoms with Crippen molar-refractivity contribution in [1.29, 1.82) is 0 Å². The van der Waals surface area contributed by atoms with Gasteiger partial charge in [-0.15, -0.1) is 11.8 Å². The Kier molecular flexibility index (Phi) is 4.05. The molecule has 0 aromatic heterocycles. The molecule has 2 aliphatic heterocycles. The standard InChI is InChI=1S/C15H19NO3S/c1-2-3-15-16(14(17)9-20-15)7-6-11-4-5-12-13(8-11)19-10-18-12/h4-5,8,15H,2-3,6-7,9-10H2,1H3. The van der Waals surface area contributed by atoms with Gasteiger partial charge in [0.15, 0.2) is 11.5 Å². The number of nitrogens with zero attached hydrogens (tertiary/aromatic N) is 1. The number of benzene rings is 1. The smallest absolute Gasteiger partial charge is 0.233 e.